The minimum atomic E-state index is -3.68. The fourth-order valence-electron chi connectivity index (χ4n) is 3.44. The third-order valence-corrected chi connectivity index (χ3v) is 5.00. The molecule has 0 radical (unpaired) electrons. The first-order valence-electron chi connectivity index (χ1n) is 8.25. The molecular formula is C18H23NO4S. The predicted molar refractivity (Wildman–Crippen MR) is 92.9 cm³/mol. The number of aryl methyl sites for hydroxylation is 3. The van der Waals surface area contributed by atoms with E-state index < -0.39 is 10.1 Å². The first-order chi connectivity index (χ1) is 11.2. The van der Waals surface area contributed by atoms with E-state index >= 15 is 0 Å². The van der Waals surface area contributed by atoms with Gasteiger partial charge in [0.15, 0.2) is 5.76 Å². The molecule has 1 heterocycles. The highest BCUT2D eigenvalue weighted by molar-refractivity contribution is 7.86. The van der Waals surface area contributed by atoms with Gasteiger partial charge in [-0.25, -0.2) is 0 Å². The molecule has 1 fully saturated rings. The van der Waals surface area contributed by atoms with Crippen molar-refractivity contribution >= 4 is 21.6 Å². The van der Waals surface area contributed by atoms with Gasteiger partial charge in [-0.3, -0.25) is 4.79 Å². The number of rotatable bonds is 5. The van der Waals surface area contributed by atoms with Gasteiger partial charge in [-0.15, -0.1) is 0 Å². The van der Waals surface area contributed by atoms with Crippen LogP contribution in [0.1, 0.15) is 42.0 Å². The molecule has 130 valence electrons. The second kappa shape index (κ2) is 5.92. The average Bonchev–Trinajstić information content (AvgIpc) is 3.24. The van der Waals surface area contributed by atoms with Crippen LogP contribution in [0.4, 0.5) is 0 Å². The van der Waals surface area contributed by atoms with Crippen LogP contribution < -0.4 is 0 Å². The van der Waals surface area contributed by atoms with Crippen molar-refractivity contribution in [3.05, 3.63) is 40.1 Å². The van der Waals surface area contributed by atoms with Gasteiger partial charge in [-0.2, -0.15) is 8.42 Å². The van der Waals surface area contributed by atoms with Crippen LogP contribution in [0.3, 0.4) is 0 Å². The van der Waals surface area contributed by atoms with Crippen molar-refractivity contribution < 1.29 is 17.4 Å². The van der Waals surface area contributed by atoms with E-state index in [4.69, 9.17) is 4.18 Å². The van der Waals surface area contributed by atoms with Gasteiger partial charge in [0.1, 0.15) is 0 Å². The molecule has 1 aliphatic heterocycles. The summed E-state index contributed by atoms with van der Waals surface area (Å²) in [6.07, 6.45) is 3.73. The van der Waals surface area contributed by atoms with Crippen LogP contribution in [-0.4, -0.2) is 38.1 Å². The number of carbonyl (C=O) groups is 1. The Morgan fingerprint density at radius 1 is 1.25 bits per heavy atom. The molecule has 0 atom stereocenters. The quantitative estimate of drug-likeness (QED) is 0.767. The fourth-order valence-corrected chi connectivity index (χ4v) is 3.94. The van der Waals surface area contributed by atoms with E-state index in [9.17, 15) is 13.2 Å². The van der Waals surface area contributed by atoms with Gasteiger partial charge in [0, 0.05) is 6.04 Å². The Kier molecular flexibility index (Phi) is 4.20. The summed E-state index contributed by atoms with van der Waals surface area (Å²) in [7, 11) is -3.68. The molecule has 6 heteroatoms. The van der Waals surface area contributed by atoms with Gasteiger partial charge in [0.2, 0.25) is 0 Å². The molecule has 0 unspecified atom stereocenters. The molecule has 2 aliphatic rings. The van der Waals surface area contributed by atoms with E-state index in [0.29, 0.717) is 5.57 Å². The van der Waals surface area contributed by atoms with Crippen molar-refractivity contribution in [3.8, 4) is 0 Å². The Balaban J connectivity index is 2.16. The zero-order valence-electron chi connectivity index (χ0n) is 14.5. The summed E-state index contributed by atoms with van der Waals surface area (Å²) in [6.45, 7) is 6.25. The maximum absolute atomic E-state index is 13.0. The highest BCUT2D eigenvalue weighted by Crippen LogP contribution is 2.39. The minimum Gasteiger partial charge on any atom is -0.384 e. The maximum atomic E-state index is 13.0. The zero-order valence-corrected chi connectivity index (χ0v) is 15.4. The zero-order chi connectivity index (χ0) is 17.6. The van der Waals surface area contributed by atoms with Gasteiger partial charge >= 0.3 is 10.1 Å². The van der Waals surface area contributed by atoms with Crippen molar-refractivity contribution in [1.82, 2.24) is 4.90 Å². The number of hydrogen-bond donors (Lipinski definition) is 0. The number of benzene rings is 1. The van der Waals surface area contributed by atoms with E-state index in [0.717, 1.165) is 47.8 Å². The lowest BCUT2D eigenvalue weighted by Crippen LogP contribution is -2.29. The van der Waals surface area contributed by atoms with Crippen molar-refractivity contribution in [2.75, 3.05) is 12.8 Å². The summed E-state index contributed by atoms with van der Waals surface area (Å²) in [6, 6.07) is 4.29. The van der Waals surface area contributed by atoms with E-state index in [-0.39, 0.29) is 24.3 Å². The standard InChI is InChI=1S/C18H23NO4S/c1-5-13-9-11(2)8-12(3)16(13)17-15(23-24(4,21)22)10-19(18(17)20)14-6-7-14/h8-9,14H,5-7,10H2,1-4H3. The number of amides is 1. The Morgan fingerprint density at radius 2 is 1.92 bits per heavy atom. The number of hydrogen-bond acceptors (Lipinski definition) is 4. The Hall–Kier alpha value is -1.82. The van der Waals surface area contributed by atoms with Crippen LogP contribution in [0.15, 0.2) is 17.9 Å². The maximum Gasteiger partial charge on any atom is 0.306 e. The molecule has 0 N–H and O–H groups in total. The largest absolute Gasteiger partial charge is 0.384 e. The Bertz CT molecular complexity index is 835. The summed E-state index contributed by atoms with van der Waals surface area (Å²) in [5, 5.41) is 0. The molecule has 1 aromatic carbocycles. The Labute approximate surface area is 143 Å². The summed E-state index contributed by atoms with van der Waals surface area (Å²) >= 11 is 0. The second-order valence-corrected chi connectivity index (χ2v) is 8.29. The van der Waals surface area contributed by atoms with Gasteiger partial charge in [0.05, 0.1) is 18.4 Å². The first kappa shape index (κ1) is 17.0. The third-order valence-electron chi connectivity index (χ3n) is 4.50. The molecule has 0 saturated heterocycles. The molecule has 1 aromatic rings. The molecule has 5 nitrogen and oxygen atoms in total. The average molecular weight is 349 g/mol. The molecule has 1 saturated carbocycles. The molecule has 0 bridgehead atoms. The molecule has 1 aliphatic carbocycles. The molecule has 0 spiro atoms. The third kappa shape index (κ3) is 3.20. The first-order valence-corrected chi connectivity index (χ1v) is 10.1. The van der Waals surface area contributed by atoms with E-state index in [1.807, 2.05) is 26.8 Å². The van der Waals surface area contributed by atoms with E-state index in [1.165, 1.54) is 0 Å². The lowest BCUT2D eigenvalue weighted by atomic mass is 9.91. The second-order valence-electron chi connectivity index (χ2n) is 6.72. The molecule has 1 amide bonds. The summed E-state index contributed by atoms with van der Waals surface area (Å²) in [5.74, 6) is 0.147. The van der Waals surface area contributed by atoms with E-state index in [2.05, 4.69) is 6.07 Å². The van der Waals surface area contributed by atoms with Crippen LogP contribution >= 0.6 is 0 Å². The number of nitrogens with zero attached hydrogens (tertiary/aromatic N) is 1. The van der Waals surface area contributed by atoms with Crippen LogP contribution in [0, 0.1) is 13.8 Å². The summed E-state index contributed by atoms with van der Waals surface area (Å²) in [5.41, 5.74) is 4.39. The van der Waals surface area contributed by atoms with Crippen molar-refractivity contribution in [2.24, 2.45) is 0 Å². The van der Waals surface area contributed by atoms with Crippen molar-refractivity contribution in [3.63, 3.8) is 0 Å². The van der Waals surface area contributed by atoms with E-state index in [1.54, 1.807) is 4.90 Å². The summed E-state index contributed by atoms with van der Waals surface area (Å²) in [4.78, 5) is 14.7. The molecule has 24 heavy (non-hydrogen) atoms. The fraction of sp³-hybridized carbons (Fsp3) is 0.500. The number of carbonyl (C=O) groups excluding carboxylic acids is 1. The van der Waals surface area contributed by atoms with Crippen LogP contribution in [0.2, 0.25) is 0 Å². The van der Waals surface area contributed by atoms with Crippen LogP contribution in [-0.2, 0) is 25.5 Å². The van der Waals surface area contributed by atoms with Gasteiger partial charge in [0.25, 0.3) is 5.91 Å². The smallest absolute Gasteiger partial charge is 0.306 e. The Morgan fingerprint density at radius 3 is 2.46 bits per heavy atom. The van der Waals surface area contributed by atoms with Crippen LogP contribution in [0.25, 0.3) is 5.57 Å². The van der Waals surface area contributed by atoms with Gasteiger partial charge in [-0.1, -0.05) is 24.6 Å². The monoisotopic (exact) mass is 349 g/mol. The normalized spacial score (nSPS) is 18.5. The van der Waals surface area contributed by atoms with Gasteiger partial charge in [-0.05, 0) is 49.8 Å². The highest BCUT2D eigenvalue weighted by atomic mass is 32.2. The predicted octanol–water partition coefficient (Wildman–Crippen LogP) is 2.56. The minimum absolute atomic E-state index is 0.113. The summed E-state index contributed by atoms with van der Waals surface area (Å²) < 4.78 is 28.6. The van der Waals surface area contributed by atoms with Crippen molar-refractivity contribution in [2.45, 2.75) is 46.1 Å². The lowest BCUT2D eigenvalue weighted by molar-refractivity contribution is -0.124. The van der Waals surface area contributed by atoms with Crippen LogP contribution in [0.5, 0.6) is 0 Å². The van der Waals surface area contributed by atoms with Gasteiger partial charge < -0.3 is 9.08 Å². The molecule has 0 aromatic heterocycles. The molecular weight excluding hydrogens is 326 g/mol. The van der Waals surface area contributed by atoms with Crippen molar-refractivity contribution in [1.29, 1.82) is 0 Å². The molecule has 3 rings (SSSR count). The topological polar surface area (TPSA) is 63.7 Å². The SMILES string of the molecule is CCc1cc(C)cc(C)c1C1=C(OS(C)(=O)=O)CN(C2CC2)C1=O. The lowest BCUT2D eigenvalue weighted by Gasteiger charge is -2.17. The highest BCUT2D eigenvalue weighted by Gasteiger charge is 2.42.